The number of ether oxygens (including phenoxy) is 2. The van der Waals surface area contributed by atoms with Crippen molar-refractivity contribution in [2.75, 3.05) is 25.6 Å². The molecular weight excluding hydrogens is 442 g/mol. The van der Waals surface area contributed by atoms with Crippen LogP contribution in [0.2, 0.25) is 0 Å². The number of methoxy groups -OCH3 is 1. The van der Waals surface area contributed by atoms with Gasteiger partial charge >= 0.3 is 0 Å². The zero-order chi connectivity index (χ0) is 23.7. The van der Waals surface area contributed by atoms with Crippen LogP contribution in [0.25, 0.3) is 22.2 Å². The molecule has 2 aromatic carbocycles. The summed E-state index contributed by atoms with van der Waals surface area (Å²) in [5, 5.41) is 3.83. The van der Waals surface area contributed by atoms with Gasteiger partial charge in [-0.05, 0) is 42.3 Å². The van der Waals surface area contributed by atoms with Crippen molar-refractivity contribution < 1.29 is 18.3 Å². The summed E-state index contributed by atoms with van der Waals surface area (Å²) in [7, 11) is 1.56. The first-order valence-corrected chi connectivity index (χ1v) is 10.8. The fourth-order valence-corrected chi connectivity index (χ4v) is 4.04. The normalized spacial score (nSPS) is 15.6. The molecule has 174 valence electrons. The minimum atomic E-state index is -0.662. The maximum atomic E-state index is 13.5. The van der Waals surface area contributed by atoms with Gasteiger partial charge in [-0.25, -0.2) is 13.8 Å². The highest BCUT2D eigenvalue weighted by Crippen LogP contribution is 2.30. The molecule has 34 heavy (non-hydrogen) atoms. The Morgan fingerprint density at radius 2 is 2.00 bits per heavy atom. The summed E-state index contributed by atoms with van der Waals surface area (Å²) in [4.78, 5) is 24.5. The van der Waals surface area contributed by atoms with Gasteiger partial charge in [-0.3, -0.25) is 9.78 Å². The molecule has 1 saturated heterocycles. The first kappa shape index (κ1) is 22.0. The van der Waals surface area contributed by atoms with Crippen molar-refractivity contribution in [3.63, 3.8) is 0 Å². The number of anilines is 1. The molecule has 9 heteroatoms. The average Bonchev–Trinajstić information content (AvgIpc) is 3.32. The molecule has 5 rings (SSSR count). The summed E-state index contributed by atoms with van der Waals surface area (Å²) < 4.78 is 37.9. The van der Waals surface area contributed by atoms with Gasteiger partial charge in [0.25, 0.3) is 5.56 Å². The Kier molecular flexibility index (Phi) is 5.93. The van der Waals surface area contributed by atoms with E-state index in [-0.39, 0.29) is 11.6 Å². The molecule has 1 aliphatic heterocycles. The fourth-order valence-electron chi connectivity index (χ4n) is 4.04. The van der Waals surface area contributed by atoms with Gasteiger partial charge < -0.3 is 19.8 Å². The van der Waals surface area contributed by atoms with Crippen molar-refractivity contribution in [2.45, 2.75) is 18.9 Å². The zero-order valence-electron chi connectivity index (χ0n) is 18.4. The van der Waals surface area contributed by atoms with E-state index in [1.165, 1.54) is 12.1 Å². The number of pyridine rings is 1. The second-order valence-corrected chi connectivity index (χ2v) is 8.17. The van der Waals surface area contributed by atoms with Gasteiger partial charge in [-0.1, -0.05) is 6.07 Å². The number of rotatable bonds is 6. The molecule has 1 aliphatic rings. The topological polar surface area (TPSA) is 89.1 Å². The molecule has 0 saturated carbocycles. The van der Waals surface area contributed by atoms with E-state index < -0.39 is 11.6 Å². The number of aromatic amines is 1. The molecule has 3 heterocycles. The number of benzene rings is 2. The van der Waals surface area contributed by atoms with Crippen LogP contribution in [0.1, 0.15) is 17.8 Å². The molecule has 0 spiro atoms. The molecule has 7 nitrogen and oxygen atoms in total. The SMILES string of the molecule is COc1cc2c(=O)[nH]c(Cc3ccc(-c4cc(F)cc(F)c4)nc3)nc2cc1N[C@@H]1CCOC1. The number of hydrogen-bond acceptors (Lipinski definition) is 6. The first-order valence-electron chi connectivity index (χ1n) is 10.8. The molecule has 2 N–H and O–H groups in total. The summed E-state index contributed by atoms with van der Waals surface area (Å²) in [5.41, 5.74) is 2.61. The predicted octanol–water partition coefficient (Wildman–Crippen LogP) is 4.06. The van der Waals surface area contributed by atoms with E-state index in [4.69, 9.17) is 9.47 Å². The van der Waals surface area contributed by atoms with Gasteiger partial charge in [0.15, 0.2) is 0 Å². The van der Waals surface area contributed by atoms with E-state index in [1.54, 1.807) is 31.5 Å². The number of nitrogens with zero attached hydrogens (tertiary/aromatic N) is 2. The molecule has 0 amide bonds. The average molecular weight is 464 g/mol. The summed E-state index contributed by atoms with van der Waals surface area (Å²) in [6.07, 6.45) is 2.82. The minimum Gasteiger partial charge on any atom is -0.495 e. The lowest BCUT2D eigenvalue weighted by Gasteiger charge is -2.16. The number of aromatic nitrogens is 3. The summed E-state index contributed by atoms with van der Waals surface area (Å²) in [6.45, 7) is 1.32. The van der Waals surface area contributed by atoms with Crippen molar-refractivity contribution >= 4 is 16.6 Å². The van der Waals surface area contributed by atoms with Gasteiger partial charge in [0.2, 0.25) is 0 Å². The molecule has 0 aliphatic carbocycles. The van der Waals surface area contributed by atoms with Crippen molar-refractivity contribution in [1.29, 1.82) is 0 Å². The van der Waals surface area contributed by atoms with Gasteiger partial charge in [0.05, 0.1) is 42.0 Å². The lowest BCUT2D eigenvalue weighted by Crippen LogP contribution is -2.20. The monoisotopic (exact) mass is 464 g/mol. The molecule has 0 radical (unpaired) electrons. The van der Waals surface area contributed by atoms with Crippen molar-refractivity contribution in [3.05, 3.63) is 82.0 Å². The molecule has 4 aromatic rings. The zero-order valence-corrected chi connectivity index (χ0v) is 18.4. The first-order chi connectivity index (χ1) is 16.5. The smallest absolute Gasteiger partial charge is 0.258 e. The Bertz CT molecular complexity index is 1380. The Balaban J connectivity index is 1.42. The lowest BCUT2D eigenvalue weighted by atomic mass is 10.1. The molecule has 1 fully saturated rings. The summed E-state index contributed by atoms with van der Waals surface area (Å²) in [6, 6.07) is 10.4. The summed E-state index contributed by atoms with van der Waals surface area (Å²) in [5.74, 6) is -0.285. The molecule has 2 aromatic heterocycles. The number of fused-ring (bicyclic) bond motifs is 1. The molecular formula is C25H22F2N4O3. The second kappa shape index (κ2) is 9.18. The quantitative estimate of drug-likeness (QED) is 0.447. The van der Waals surface area contributed by atoms with E-state index >= 15 is 0 Å². The van der Waals surface area contributed by atoms with E-state index in [0.29, 0.717) is 53.4 Å². The minimum absolute atomic E-state index is 0.170. The molecule has 0 bridgehead atoms. The highest BCUT2D eigenvalue weighted by molar-refractivity contribution is 5.85. The fraction of sp³-hybridized carbons (Fsp3) is 0.240. The highest BCUT2D eigenvalue weighted by Gasteiger charge is 2.18. The third-order valence-electron chi connectivity index (χ3n) is 5.72. The number of hydrogen-bond donors (Lipinski definition) is 2. The Hall–Kier alpha value is -3.85. The second-order valence-electron chi connectivity index (χ2n) is 8.17. The summed E-state index contributed by atoms with van der Waals surface area (Å²) >= 11 is 0. The van der Waals surface area contributed by atoms with Crippen LogP contribution < -0.4 is 15.6 Å². The van der Waals surface area contributed by atoms with Gasteiger partial charge in [0.1, 0.15) is 23.2 Å². The van der Waals surface area contributed by atoms with Crippen LogP contribution in [-0.2, 0) is 11.2 Å². The van der Waals surface area contributed by atoms with Crippen LogP contribution >= 0.6 is 0 Å². The van der Waals surface area contributed by atoms with Crippen molar-refractivity contribution in [2.24, 2.45) is 0 Å². The van der Waals surface area contributed by atoms with E-state index in [9.17, 15) is 13.6 Å². The van der Waals surface area contributed by atoms with Crippen LogP contribution in [-0.4, -0.2) is 41.3 Å². The maximum absolute atomic E-state index is 13.5. The number of nitrogens with one attached hydrogen (secondary N) is 2. The molecule has 1 atom stereocenters. The Labute approximate surface area is 193 Å². The highest BCUT2D eigenvalue weighted by atomic mass is 19.1. The van der Waals surface area contributed by atoms with E-state index in [1.807, 2.05) is 6.07 Å². The largest absolute Gasteiger partial charge is 0.495 e. The van der Waals surface area contributed by atoms with Gasteiger partial charge in [-0.15, -0.1) is 0 Å². The van der Waals surface area contributed by atoms with Gasteiger partial charge in [-0.2, -0.15) is 0 Å². The Morgan fingerprint density at radius 1 is 1.18 bits per heavy atom. The van der Waals surface area contributed by atoms with Crippen LogP contribution in [0.5, 0.6) is 5.75 Å². The van der Waals surface area contributed by atoms with Crippen molar-refractivity contribution in [1.82, 2.24) is 15.0 Å². The van der Waals surface area contributed by atoms with Crippen LogP contribution in [0.3, 0.4) is 0 Å². The maximum Gasteiger partial charge on any atom is 0.258 e. The predicted molar refractivity (Wildman–Crippen MR) is 124 cm³/mol. The number of halogens is 2. The number of H-pyrrole nitrogens is 1. The third-order valence-corrected chi connectivity index (χ3v) is 5.72. The third kappa shape index (κ3) is 4.60. The van der Waals surface area contributed by atoms with Crippen molar-refractivity contribution in [3.8, 4) is 17.0 Å². The van der Waals surface area contributed by atoms with Gasteiger partial charge in [0, 0.05) is 30.9 Å². The van der Waals surface area contributed by atoms with Crippen LogP contribution in [0, 0.1) is 11.6 Å². The van der Waals surface area contributed by atoms with E-state index in [2.05, 4.69) is 20.3 Å². The van der Waals surface area contributed by atoms with Crippen LogP contribution in [0.4, 0.5) is 14.5 Å². The van der Waals surface area contributed by atoms with E-state index in [0.717, 1.165) is 23.7 Å². The Morgan fingerprint density at radius 3 is 2.68 bits per heavy atom. The van der Waals surface area contributed by atoms with Crippen LogP contribution in [0.15, 0.2) is 53.5 Å². The lowest BCUT2D eigenvalue weighted by molar-refractivity contribution is 0.195. The molecule has 0 unspecified atom stereocenters. The standard InChI is InChI=1S/C25H22F2N4O3/c1-33-23-10-19-21(11-22(23)29-18-4-5-34-13-18)30-24(31-25(19)32)6-14-2-3-20(28-12-14)15-7-16(26)9-17(27)8-15/h2-3,7-12,18,29H,4-6,13H2,1H3,(H,30,31,32)/t18-/m1/s1.